The maximum absolute atomic E-state index is 11.9. The van der Waals surface area contributed by atoms with E-state index in [2.05, 4.69) is 10.4 Å². The number of carbonyl (C=O) groups is 2. The van der Waals surface area contributed by atoms with Crippen molar-refractivity contribution < 1.29 is 19.4 Å². The number of carboxylic acids is 1. The Balaban J connectivity index is 2.01. The number of nitrogens with one attached hydrogen (secondary N) is 1. The molecule has 7 heteroatoms. The predicted octanol–water partition coefficient (Wildman–Crippen LogP) is 2.17. The summed E-state index contributed by atoms with van der Waals surface area (Å²) in [5, 5.41) is 15.8. The molecule has 0 fully saturated rings. The van der Waals surface area contributed by atoms with Crippen LogP contribution in [-0.2, 0) is 23.2 Å². The lowest BCUT2D eigenvalue weighted by Gasteiger charge is -2.16. The summed E-state index contributed by atoms with van der Waals surface area (Å²) >= 11 is 0. The summed E-state index contributed by atoms with van der Waals surface area (Å²) in [6, 6.07) is 8.56. The maximum atomic E-state index is 11.9. The van der Waals surface area contributed by atoms with E-state index in [0.29, 0.717) is 11.3 Å². The summed E-state index contributed by atoms with van der Waals surface area (Å²) < 4.78 is 6.72. The molecule has 0 saturated heterocycles. The van der Waals surface area contributed by atoms with Gasteiger partial charge in [-0.05, 0) is 12.5 Å². The fraction of sp³-hybridized carbons (Fsp3) is 0.312. The Hall–Kier alpha value is -2.83. The van der Waals surface area contributed by atoms with Crippen LogP contribution >= 0.6 is 0 Å². The molecular weight excluding hydrogens is 298 g/mol. The van der Waals surface area contributed by atoms with Crippen LogP contribution in [0.25, 0.3) is 0 Å². The minimum absolute atomic E-state index is 0.123. The van der Waals surface area contributed by atoms with Gasteiger partial charge in [-0.1, -0.05) is 30.3 Å². The second-order valence-electron chi connectivity index (χ2n) is 5.20. The molecule has 0 spiro atoms. The summed E-state index contributed by atoms with van der Waals surface area (Å²) in [7, 11) is 1.74. The molecule has 1 aromatic carbocycles. The number of alkyl carbamates (subject to hydrolysis) is 1. The van der Waals surface area contributed by atoms with Gasteiger partial charge >= 0.3 is 12.1 Å². The number of hydrogen-bond acceptors (Lipinski definition) is 4. The third-order valence-corrected chi connectivity index (χ3v) is 3.31. The molecule has 0 bridgehead atoms. The minimum Gasteiger partial charge on any atom is -0.481 e. The number of aryl methyl sites for hydroxylation is 2. The summed E-state index contributed by atoms with van der Waals surface area (Å²) in [6.07, 6.45) is 0.788. The molecule has 1 aromatic heterocycles. The van der Waals surface area contributed by atoms with Gasteiger partial charge < -0.3 is 15.2 Å². The van der Waals surface area contributed by atoms with Crippen molar-refractivity contribution in [1.29, 1.82) is 0 Å². The van der Waals surface area contributed by atoms with Crippen molar-refractivity contribution in [3.8, 4) is 0 Å². The zero-order chi connectivity index (χ0) is 16.8. The molecule has 1 heterocycles. The van der Waals surface area contributed by atoms with Gasteiger partial charge in [-0.25, -0.2) is 4.79 Å². The van der Waals surface area contributed by atoms with Gasteiger partial charge in [0.1, 0.15) is 6.61 Å². The van der Waals surface area contributed by atoms with E-state index in [1.807, 2.05) is 30.3 Å². The SMILES string of the molecule is Cc1nn(C)cc1[C@H](CC(=O)O)NC(=O)OCc1ccccc1. The van der Waals surface area contributed by atoms with Crippen LogP contribution in [0.1, 0.15) is 29.3 Å². The zero-order valence-electron chi connectivity index (χ0n) is 13.0. The summed E-state index contributed by atoms with van der Waals surface area (Å²) in [6.45, 7) is 1.89. The number of aliphatic carboxylic acids is 1. The van der Waals surface area contributed by atoms with Crippen LogP contribution in [0.15, 0.2) is 36.5 Å². The van der Waals surface area contributed by atoms with Crippen molar-refractivity contribution in [1.82, 2.24) is 15.1 Å². The van der Waals surface area contributed by atoms with E-state index >= 15 is 0 Å². The number of carbonyl (C=O) groups excluding carboxylic acids is 1. The van der Waals surface area contributed by atoms with Gasteiger partial charge in [0.25, 0.3) is 0 Å². The Labute approximate surface area is 133 Å². The first-order valence-corrected chi connectivity index (χ1v) is 7.15. The number of carboxylic acid groups (broad SMARTS) is 1. The molecule has 1 atom stereocenters. The highest BCUT2D eigenvalue weighted by atomic mass is 16.5. The van der Waals surface area contributed by atoms with Crippen LogP contribution in [0.2, 0.25) is 0 Å². The van der Waals surface area contributed by atoms with Crippen molar-refractivity contribution >= 4 is 12.1 Å². The van der Waals surface area contributed by atoms with Crippen molar-refractivity contribution in [2.24, 2.45) is 7.05 Å². The van der Waals surface area contributed by atoms with Crippen molar-refractivity contribution in [3.63, 3.8) is 0 Å². The Bertz CT molecular complexity index is 682. The molecule has 0 aliphatic rings. The molecular formula is C16H19N3O4. The van der Waals surface area contributed by atoms with Crippen LogP contribution in [0.3, 0.4) is 0 Å². The molecule has 0 aliphatic heterocycles. The standard InChI is InChI=1S/C16H19N3O4/c1-11-13(9-19(2)18-11)14(8-15(20)21)17-16(22)23-10-12-6-4-3-5-7-12/h3-7,9,14H,8,10H2,1-2H3,(H,17,22)(H,20,21)/t14-/m0/s1. The molecule has 0 aliphatic carbocycles. The van der Waals surface area contributed by atoms with Gasteiger partial charge in [-0.2, -0.15) is 5.10 Å². The molecule has 23 heavy (non-hydrogen) atoms. The van der Waals surface area contributed by atoms with Crippen LogP contribution in [0, 0.1) is 6.92 Å². The average molecular weight is 317 g/mol. The smallest absolute Gasteiger partial charge is 0.407 e. The Morgan fingerprint density at radius 3 is 2.61 bits per heavy atom. The third-order valence-electron chi connectivity index (χ3n) is 3.31. The highest BCUT2D eigenvalue weighted by Gasteiger charge is 2.22. The maximum Gasteiger partial charge on any atom is 0.407 e. The Morgan fingerprint density at radius 2 is 2.04 bits per heavy atom. The van der Waals surface area contributed by atoms with E-state index in [1.165, 1.54) is 0 Å². The molecule has 7 nitrogen and oxygen atoms in total. The lowest BCUT2D eigenvalue weighted by Crippen LogP contribution is -2.30. The van der Waals surface area contributed by atoms with Crippen LogP contribution < -0.4 is 5.32 Å². The molecule has 2 N–H and O–H groups in total. The van der Waals surface area contributed by atoms with Gasteiger partial charge in [0.05, 0.1) is 18.2 Å². The first-order chi connectivity index (χ1) is 11.0. The molecule has 122 valence electrons. The molecule has 0 unspecified atom stereocenters. The first kappa shape index (κ1) is 16.5. The first-order valence-electron chi connectivity index (χ1n) is 7.15. The number of benzene rings is 1. The van der Waals surface area contributed by atoms with Crippen LogP contribution in [0.4, 0.5) is 4.79 Å². The number of amides is 1. The lowest BCUT2D eigenvalue weighted by atomic mass is 10.1. The number of ether oxygens (including phenoxy) is 1. The Morgan fingerprint density at radius 1 is 1.35 bits per heavy atom. The largest absolute Gasteiger partial charge is 0.481 e. The van der Waals surface area contributed by atoms with E-state index in [4.69, 9.17) is 9.84 Å². The zero-order valence-corrected chi connectivity index (χ0v) is 13.0. The van der Waals surface area contributed by atoms with Crippen molar-refractivity contribution in [2.75, 3.05) is 0 Å². The number of rotatable bonds is 6. The highest BCUT2D eigenvalue weighted by molar-refractivity contribution is 5.72. The van der Waals surface area contributed by atoms with Crippen LogP contribution in [-0.4, -0.2) is 26.9 Å². The normalized spacial score (nSPS) is 11.7. The molecule has 2 rings (SSSR count). The molecule has 0 saturated carbocycles. The lowest BCUT2D eigenvalue weighted by molar-refractivity contribution is -0.137. The summed E-state index contributed by atoms with van der Waals surface area (Å²) in [5.74, 6) is -1.01. The summed E-state index contributed by atoms with van der Waals surface area (Å²) in [4.78, 5) is 23.0. The second-order valence-corrected chi connectivity index (χ2v) is 5.20. The predicted molar refractivity (Wildman–Crippen MR) is 82.7 cm³/mol. The van der Waals surface area contributed by atoms with E-state index in [-0.39, 0.29) is 13.0 Å². The monoisotopic (exact) mass is 317 g/mol. The molecule has 0 radical (unpaired) electrons. The van der Waals surface area contributed by atoms with E-state index in [9.17, 15) is 9.59 Å². The van der Waals surface area contributed by atoms with Gasteiger partial charge in [0, 0.05) is 18.8 Å². The second kappa shape index (κ2) is 7.44. The van der Waals surface area contributed by atoms with Crippen molar-refractivity contribution in [3.05, 3.63) is 53.3 Å². The minimum atomic E-state index is -1.01. The van der Waals surface area contributed by atoms with E-state index < -0.39 is 18.1 Å². The number of aromatic nitrogens is 2. The van der Waals surface area contributed by atoms with Gasteiger partial charge in [-0.15, -0.1) is 0 Å². The number of nitrogens with zero attached hydrogens (tertiary/aromatic N) is 2. The average Bonchev–Trinajstić information content (AvgIpc) is 2.84. The fourth-order valence-electron chi connectivity index (χ4n) is 2.28. The van der Waals surface area contributed by atoms with Gasteiger partial charge in [0.15, 0.2) is 0 Å². The topological polar surface area (TPSA) is 93.5 Å². The Kier molecular flexibility index (Phi) is 5.35. The van der Waals surface area contributed by atoms with Crippen LogP contribution in [0.5, 0.6) is 0 Å². The fourth-order valence-corrected chi connectivity index (χ4v) is 2.28. The van der Waals surface area contributed by atoms with E-state index in [1.54, 1.807) is 24.9 Å². The molecule has 2 aromatic rings. The quantitative estimate of drug-likeness (QED) is 0.851. The number of hydrogen-bond donors (Lipinski definition) is 2. The highest BCUT2D eigenvalue weighted by Crippen LogP contribution is 2.20. The van der Waals surface area contributed by atoms with E-state index in [0.717, 1.165) is 5.56 Å². The van der Waals surface area contributed by atoms with Gasteiger partial charge in [-0.3, -0.25) is 9.48 Å². The van der Waals surface area contributed by atoms with Crippen molar-refractivity contribution in [2.45, 2.75) is 26.0 Å². The summed E-state index contributed by atoms with van der Waals surface area (Å²) in [5.41, 5.74) is 2.18. The van der Waals surface area contributed by atoms with Gasteiger partial charge in [0.2, 0.25) is 0 Å². The third kappa shape index (κ3) is 4.84. The molecule has 1 amide bonds.